The Bertz CT molecular complexity index is 700. The Kier molecular flexibility index (Phi) is 2.77. The molecule has 2 aromatic rings. The van der Waals surface area contributed by atoms with E-state index in [1.54, 1.807) is 25.1 Å². The summed E-state index contributed by atoms with van der Waals surface area (Å²) in [6, 6.07) is 8.51. The fraction of sp³-hybridized carbons (Fsp3) is 0.0769. The van der Waals surface area contributed by atoms with Crippen LogP contribution in [0.3, 0.4) is 0 Å². The number of hydrogen-bond donors (Lipinski definition) is 1. The van der Waals surface area contributed by atoms with Gasteiger partial charge in [-0.1, -0.05) is 36.9 Å². The smallest absolute Gasteiger partial charge is 0.282 e. The molecule has 0 saturated heterocycles. The van der Waals surface area contributed by atoms with Gasteiger partial charge in [0.25, 0.3) is 10.1 Å². The molecule has 2 rings (SSSR count). The van der Waals surface area contributed by atoms with Crippen molar-refractivity contribution < 1.29 is 13.0 Å². The van der Waals surface area contributed by atoms with Crippen molar-refractivity contribution in [2.75, 3.05) is 0 Å². The van der Waals surface area contributed by atoms with E-state index in [-0.39, 0.29) is 4.90 Å². The first kappa shape index (κ1) is 11.8. The zero-order chi connectivity index (χ0) is 12.6. The molecular formula is C13H12O3S. The lowest BCUT2D eigenvalue weighted by Crippen LogP contribution is -2.01. The summed E-state index contributed by atoms with van der Waals surface area (Å²) in [5, 5.41) is 1.28. The summed E-state index contributed by atoms with van der Waals surface area (Å²) in [5.74, 6) is 0. The summed E-state index contributed by atoms with van der Waals surface area (Å²) in [6.45, 7) is 5.51. The molecule has 0 bridgehead atoms. The van der Waals surface area contributed by atoms with Crippen molar-refractivity contribution in [3.8, 4) is 0 Å². The van der Waals surface area contributed by atoms with Crippen molar-refractivity contribution in [3.63, 3.8) is 0 Å². The summed E-state index contributed by atoms with van der Waals surface area (Å²) >= 11 is 0. The molecule has 0 spiro atoms. The van der Waals surface area contributed by atoms with Crippen LogP contribution in [0, 0.1) is 6.92 Å². The van der Waals surface area contributed by atoms with Crippen molar-refractivity contribution in [3.05, 3.63) is 48.0 Å². The van der Waals surface area contributed by atoms with Crippen LogP contribution >= 0.6 is 0 Å². The molecule has 17 heavy (non-hydrogen) atoms. The monoisotopic (exact) mass is 248 g/mol. The first-order chi connectivity index (χ1) is 7.95. The fourth-order valence-electron chi connectivity index (χ4n) is 1.98. The largest absolute Gasteiger partial charge is 0.295 e. The molecule has 0 aromatic heterocycles. The topological polar surface area (TPSA) is 54.4 Å². The number of hydrogen-bond acceptors (Lipinski definition) is 2. The molecule has 3 nitrogen and oxygen atoms in total. The normalized spacial score (nSPS) is 11.6. The predicted molar refractivity (Wildman–Crippen MR) is 68.6 cm³/mol. The van der Waals surface area contributed by atoms with E-state index in [0.29, 0.717) is 5.39 Å². The number of benzene rings is 2. The number of aryl methyl sites for hydroxylation is 1. The van der Waals surface area contributed by atoms with Gasteiger partial charge in [0.15, 0.2) is 0 Å². The maximum atomic E-state index is 11.3. The standard InChI is InChI=1S/C13H12O3S/c1-3-10-9(2)8-13(17(14,15)16)12-7-5-4-6-11(10)12/h3-8H,1H2,2H3,(H,14,15,16). The van der Waals surface area contributed by atoms with Crippen LogP contribution in [0.25, 0.3) is 16.8 Å². The lowest BCUT2D eigenvalue weighted by Gasteiger charge is -2.10. The van der Waals surface area contributed by atoms with Crippen LogP contribution in [0.5, 0.6) is 0 Å². The van der Waals surface area contributed by atoms with Gasteiger partial charge in [0.2, 0.25) is 0 Å². The van der Waals surface area contributed by atoms with Gasteiger partial charge in [0.05, 0.1) is 0 Å². The molecule has 0 heterocycles. The highest BCUT2D eigenvalue weighted by molar-refractivity contribution is 7.86. The first-order valence-corrected chi connectivity index (χ1v) is 6.51. The molecule has 0 saturated carbocycles. The van der Waals surface area contributed by atoms with E-state index in [9.17, 15) is 13.0 Å². The maximum absolute atomic E-state index is 11.3. The summed E-state index contributed by atoms with van der Waals surface area (Å²) < 4.78 is 31.9. The van der Waals surface area contributed by atoms with Crippen molar-refractivity contribution in [1.29, 1.82) is 0 Å². The third-order valence-electron chi connectivity index (χ3n) is 2.74. The Hall–Kier alpha value is -1.65. The van der Waals surface area contributed by atoms with Crippen molar-refractivity contribution in [2.45, 2.75) is 11.8 Å². The molecular weight excluding hydrogens is 236 g/mol. The minimum absolute atomic E-state index is 0.0591. The highest BCUT2D eigenvalue weighted by atomic mass is 32.2. The first-order valence-electron chi connectivity index (χ1n) is 5.07. The Balaban J connectivity index is 3.04. The van der Waals surface area contributed by atoms with Crippen LogP contribution in [0.2, 0.25) is 0 Å². The molecule has 0 radical (unpaired) electrons. The minimum atomic E-state index is -4.21. The molecule has 0 aliphatic carbocycles. The highest BCUT2D eigenvalue weighted by Crippen LogP contribution is 2.29. The van der Waals surface area contributed by atoms with E-state index in [1.165, 1.54) is 6.07 Å². The molecule has 0 fully saturated rings. The Morgan fingerprint density at radius 2 is 1.82 bits per heavy atom. The van der Waals surface area contributed by atoms with Gasteiger partial charge in [-0.15, -0.1) is 0 Å². The summed E-state index contributed by atoms with van der Waals surface area (Å²) in [6.07, 6.45) is 1.69. The average Bonchev–Trinajstić information content (AvgIpc) is 2.27. The molecule has 4 heteroatoms. The van der Waals surface area contributed by atoms with E-state index in [4.69, 9.17) is 0 Å². The van der Waals surface area contributed by atoms with Crippen LogP contribution in [0.15, 0.2) is 41.8 Å². The van der Waals surface area contributed by atoms with Crippen LogP contribution in [-0.2, 0) is 10.1 Å². The molecule has 0 amide bonds. The van der Waals surface area contributed by atoms with Gasteiger partial charge in [-0.3, -0.25) is 4.55 Å². The predicted octanol–water partition coefficient (Wildman–Crippen LogP) is 3.04. The van der Waals surface area contributed by atoms with Crippen molar-refractivity contribution >= 4 is 27.0 Å². The van der Waals surface area contributed by atoms with Gasteiger partial charge in [0.1, 0.15) is 4.90 Å². The molecule has 1 N–H and O–H groups in total. The van der Waals surface area contributed by atoms with Crippen LogP contribution in [-0.4, -0.2) is 13.0 Å². The zero-order valence-corrected chi connectivity index (χ0v) is 10.2. The van der Waals surface area contributed by atoms with E-state index in [1.807, 2.05) is 12.1 Å². The van der Waals surface area contributed by atoms with Gasteiger partial charge in [-0.05, 0) is 29.5 Å². The summed E-state index contributed by atoms with van der Waals surface area (Å²) in [5.41, 5.74) is 1.65. The van der Waals surface area contributed by atoms with E-state index >= 15 is 0 Å². The van der Waals surface area contributed by atoms with Gasteiger partial charge < -0.3 is 0 Å². The van der Waals surface area contributed by atoms with Crippen molar-refractivity contribution in [2.24, 2.45) is 0 Å². The van der Waals surface area contributed by atoms with Crippen molar-refractivity contribution in [1.82, 2.24) is 0 Å². The lowest BCUT2D eigenvalue weighted by molar-refractivity contribution is 0.484. The van der Waals surface area contributed by atoms with E-state index < -0.39 is 10.1 Å². The lowest BCUT2D eigenvalue weighted by atomic mass is 10.00. The third kappa shape index (κ3) is 1.97. The SMILES string of the molecule is C=Cc1c(C)cc(S(=O)(=O)O)c2ccccc12. The number of fused-ring (bicyclic) bond motifs is 1. The molecule has 0 atom stereocenters. The Morgan fingerprint density at radius 1 is 1.24 bits per heavy atom. The Labute approximate surface area is 100 Å². The maximum Gasteiger partial charge on any atom is 0.295 e. The van der Waals surface area contributed by atoms with Gasteiger partial charge in [-0.25, -0.2) is 0 Å². The van der Waals surface area contributed by atoms with Gasteiger partial charge in [-0.2, -0.15) is 8.42 Å². The zero-order valence-electron chi connectivity index (χ0n) is 9.34. The van der Waals surface area contributed by atoms with Crippen LogP contribution in [0.1, 0.15) is 11.1 Å². The molecule has 2 aromatic carbocycles. The molecule has 88 valence electrons. The number of rotatable bonds is 2. The van der Waals surface area contributed by atoms with E-state index in [2.05, 4.69) is 6.58 Å². The van der Waals surface area contributed by atoms with Gasteiger partial charge in [0, 0.05) is 5.39 Å². The second kappa shape index (κ2) is 3.98. The Morgan fingerprint density at radius 3 is 2.35 bits per heavy atom. The molecule has 0 aliphatic rings. The minimum Gasteiger partial charge on any atom is -0.282 e. The van der Waals surface area contributed by atoms with Crippen LogP contribution in [0.4, 0.5) is 0 Å². The summed E-state index contributed by atoms with van der Waals surface area (Å²) in [4.78, 5) is -0.0591. The fourth-order valence-corrected chi connectivity index (χ4v) is 2.76. The quantitative estimate of drug-likeness (QED) is 0.831. The highest BCUT2D eigenvalue weighted by Gasteiger charge is 2.16. The van der Waals surface area contributed by atoms with Gasteiger partial charge >= 0.3 is 0 Å². The molecule has 0 aliphatic heterocycles. The van der Waals surface area contributed by atoms with Crippen LogP contribution < -0.4 is 0 Å². The van der Waals surface area contributed by atoms with E-state index in [0.717, 1.165) is 16.5 Å². The third-order valence-corrected chi connectivity index (χ3v) is 3.63. The second-order valence-corrected chi connectivity index (χ2v) is 5.22. The average molecular weight is 248 g/mol. The second-order valence-electron chi connectivity index (χ2n) is 3.83. The molecule has 0 unspecified atom stereocenters. The summed E-state index contributed by atoms with van der Waals surface area (Å²) in [7, 11) is -4.21.